The van der Waals surface area contributed by atoms with Gasteiger partial charge in [-0.1, -0.05) is 12.5 Å². The summed E-state index contributed by atoms with van der Waals surface area (Å²) >= 11 is 1.52. The molecule has 6 nitrogen and oxygen atoms in total. The lowest BCUT2D eigenvalue weighted by Crippen LogP contribution is -2.41. The molecule has 1 saturated carbocycles. The Bertz CT molecular complexity index is 911. The highest BCUT2D eigenvalue weighted by molar-refractivity contribution is 7.20. The number of piperidine rings is 1. The van der Waals surface area contributed by atoms with Gasteiger partial charge in [0.05, 0.1) is 11.4 Å². The third-order valence-electron chi connectivity index (χ3n) is 6.76. The van der Waals surface area contributed by atoms with Gasteiger partial charge in [0.2, 0.25) is 5.91 Å². The van der Waals surface area contributed by atoms with E-state index in [0.29, 0.717) is 18.4 Å². The van der Waals surface area contributed by atoms with Crippen LogP contribution in [0.4, 0.5) is 0 Å². The monoisotopic (exact) mass is 442 g/mol. The number of likely N-dealkylation sites (tertiary alicyclic amines) is 1. The van der Waals surface area contributed by atoms with Gasteiger partial charge < -0.3 is 10.2 Å². The van der Waals surface area contributed by atoms with Gasteiger partial charge in [-0.15, -0.1) is 11.3 Å². The lowest BCUT2D eigenvalue weighted by atomic mass is 9.78. The summed E-state index contributed by atoms with van der Waals surface area (Å²) in [4.78, 5) is 35.4. The second-order valence-corrected chi connectivity index (χ2v) is 10.3. The molecular weight excluding hydrogens is 408 g/mol. The van der Waals surface area contributed by atoms with E-state index in [9.17, 15) is 9.59 Å². The van der Waals surface area contributed by atoms with Crippen molar-refractivity contribution >= 4 is 33.4 Å². The third-order valence-corrected chi connectivity index (χ3v) is 7.88. The zero-order chi connectivity index (χ0) is 21.8. The quantitative estimate of drug-likeness (QED) is 0.737. The van der Waals surface area contributed by atoms with Crippen LogP contribution < -0.4 is 5.32 Å². The van der Waals surface area contributed by atoms with Crippen LogP contribution in [0.15, 0.2) is 18.3 Å². The summed E-state index contributed by atoms with van der Waals surface area (Å²) in [6.45, 7) is 3.42. The molecule has 7 heteroatoms. The van der Waals surface area contributed by atoms with E-state index in [1.165, 1.54) is 36.2 Å². The largest absolute Gasteiger partial charge is 0.355 e. The Morgan fingerprint density at radius 2 is 1.90 bits per heavy atom. The summed E-state index contributed by atoms with van der Waals surface area (Å²) in [5.41, 5.74) is 1.19. The maximum absolute atomic E-state index is 12.8. The Morgan fingerprint density at radius 1 is 1.16 bits per heavy atom. The smallest absolute Gasteiger partial charge is 0.263 e. The van der Waals surface area contributed by atoms with Crippen LogP contribution in [0.2, 0.25) is 0 Å². The maximum Gasteiger partial charge on any atom is 0.263 e. The Balaban J connectivity index is 1.35. The minimum absolute atomic E-state index is 0.0742. The fraction of sp³-hybridized carbons (Fsp3) is 0.625. The molecule has 0 unspecified atom stereocenters. The predicted octanol–water partition coefficient (Wildman–Crippen LogP) is 3.87. The first kappa shape index (κ1) is 22.2. The number of aromatic nitrogens is 1. The van der Waals surface area contributed by atoms with E-state index in [1.54, 1.807) is 11.1 Å². The van der Waals surface area contributed by atoms with Crippen LogP contribution in [0.5, 0.6) is 0 Å². The van der Waals surface area contributed by atoms with Crippen molar-refractivity contribution in [2.75, 3.05) is 40.3 Å². The van der Waals surface area contributed by atoms with Gasteiger partial charge in [-0.3, -0.25) is 14.5 Å². The van der Waals surface area contributed by atoms with E-state index in [2.05, 4.69) is 21.3 Å². The summed E-state index contributed by atoms with van der Waals surface area (Å²) in [7, 11) is 3.63. The number of pyridine rings is 1. The fourth-order valence-electron chi connectivity index (χ4n) is 5.01. The molecule has 0 radical (unpaired) electrons. The average Bonchev–Trinajstić information content (AvgIpc) is 3.17. The average molecular weight is 443 g/mol. The third kappa shape index (κ3) is 5.26. The highest BCUT2D eigenvalue weighted by atomic mass is 32.1. The van der Waals surface area contributed by atoms with Gasteiger partial charge in [-0.05, 0) is 75.1 Å². The molecule has 1 saturated heterocycles. The van der Waals surface area contributed by atoms with Crippen LogP contribution in [-0.2, 0) is 4.79 Å². The molecule has 0 spiro atoms. The minimum atomic E-state index is 0.0742. The molecule has 0 bridgehead atoms. The molecule has 0 aromatic carbocycles. The number of nitrogens with zero attached hydrogens (tertiary/aromatic N) is 3. The van der Waals surface area contributed by atoms with Crippen LogP contribution in [-0.4, -0.2) is 66.9 Å². The predicted molar refractivity (Wildman–Crippen MR) is 126 cm³/mol. The van der Waals surface area contributed by atoms with E-state index >= 15 is 0 Å². The second kappa shape index (κ2) is 10.1. The summed E-state index contributed by atoms with van der Waals surface area (Å²) in [6.07, 6.45) is 9.80. The molecule has 0 atom stereocenters. The SMILES string of the molecule is CN(C)C(=O)c1sc2ncccc2c1C1CCC(CNC(=O)CN2CCCCC2)CC1. The van der Waals surface area contributed by atoms with Crippen molar-refractivity contribution in [3.05, 3.63) is 28.8 Å². The molecule has 31 heavy (non-hydrogen) atoms. The maximum atomic E-state index is 12.8. The van der Waals surface area contributed by atoms with Crippen LogP contribution in [0, 0.1) is 5.92 Å². The van der Waals surface area contributed by atoms with Gasteiger partial charge in [0.15, 0.2) is 0 Å². The number of nitrogens with one attached hydrogen (secondary N) is 1. The van der Waals surface area contributed by atoms with Gasteiger partial charge in [0.25, 0.3) is 5.91 Å². The Labute approximate surface area is 189 Å². The number of hydrogen-bond acceptors (Lipinski definition) is 5. The number of amides is 2. The van der Waals surface area contributed by atoms with Gasteiger partial charge in [-0.2, -0.15) is 0 Å². The zero-order valence-corrected chi connectivity index (χ0v) is 19.5. The number of rotatable bonds is 6. The van der Waals surface area contributed by atoms with Crippen molar-refractivity contribution in [1.29, 1.82) is 0 Å². The number of carbonyl (C=O) groups excluding carboxylic acids is 2. The number of thiophene rings is 1. The summed E-state index contributed by atoms with van der Waals surface area (Å²) in [6, 6.07) is 4.07. The first-order valence-electron chi connectivity index (χ1n) is 11.6. The van der Waals surface area contributed by atoms with Crippen LogP contribution in [0.25, 0.3) is 10.2 Å². The Kier molecular flexibility index (Phi) is 7.23. The van der Waals surface area contributed by atoms with Crippen molar-refractivity contribution in [2.45, 2.75) is 50.9 Å². The highest BCUT2D eigenvalue weighted by Crippen LogP contribution is 2.43. The summed E-state index contributed by atoms with van der Waals surface area (Å²) < 4.78 is 0. The van der Waals surface area contributed by atoms with E-state index in [1.807, 2.05) is 20.2 Å². The molecule has 2 amide bonds. The van der Waals surface area contributed by atoms with Crippen LogP contribution in [0.3, 0.4) is 0 Å². The summed E-state index contributed by atoms with van der Waals surface area (Å²) in [5, 5.41) is 4.31. The van der Waals surface area contributed by atoms with Crippen molar-refractivity contribution in [2.24, 2.45) is 5.92 Å². The normalized spacial score (nSPS) is 22.4. The summed E-state index contributed by atoms with van der Waals surface area (Å²) in [5.74, 6) is 1.15. The van der Waals surface area contributed by atoms with Crippen molar-refractivity contribution in [3.8, 4) is 0 Å². The zero-order valence-electron chi connectivity index (χ0n) is 18.7. The topological polar surface area (TPSA) is 65.5 Å². The van der Waals surface area contributed by atoms with Gasteiger partial charge >= 0.3 is 0 Å². The highest BCUT2D eigenvalue weighted by Gasteiger charge is 2.30. The minimum Gasteiger partial charge on any atom is -0.355 e. The molecule has 2 fully saturated rings. The van der Waals surface area contributed by atoms with Crippen LogP contribution in [0.1, 0.15) is 66.1 Å². The molecule has 2 aromatic heterocycles. The fourth-order valence-corrected chi connectivity index (χ4v) is 6.26. The number of fused-ring (bicyclic) bond motifs is 1. The van der Waals surface area contributed by atoms with Crippen molar-refractivity contribution < 1.29 is 9.59 Å². The molecule has 4 rings (SSSR count). The van der Waals surface area contributed by atoms with Gasteiger partial charge in [-0.25, -0.2) is 4.98 Å². The molecular formula is C24H34N4O2S. The molecule has 168 valence electrons. The standard InChI is InChI=1S/C24H34N4O2S/c1-27(2)24(30)22-21(19-7-6-12-25-23(19)31-22)18-10-8-17(9-11-18)15-26-20(29)16-28-13-4-3-5-14-28/h6-7,12,17-18H,3-5,8-11,13-16H2,1-2H3,(H,26,29). The van der Waals surface area contributed by atoms with Crippen molar-refractivity contribution in [3.63, 3.8) is 0 Å². The van der Waals surface area contributed by atoms with E-state index < -0.39 is 0 Å². The van der Waals surface area contributed by atoms with Gasteiger partial charge in [0, 0.05) is 32.2 Å². The lowest BCUT2D eigenvalue weighted by molar-refractivity contribution is -0.122. The van der Waals surface area contributed by atoms with E-state index in [4.69, 9.17) is 0 Å². The molecule has 1 N–H and O–H groups in total. The first-order valence-corrected chi connectivity index (χ1v) is 12.4. The molecule has 2 aliphatic rings. The number of carbonyl (C=O) groups is 2. The second-order valence-electron chi connectivity index (χ2n) is 9.26. The molecule has 1 aliphatic carbocycles. The Morgan fingerprint density at radius 3 is 2.61 bits per heavy atom. The van der Waals surface area contributed by atoms with Crippen LogP contribution >= 0.6 is 11.3 Å². The molecule has 2 aromatic rings. The van der Waals surface area contributed by atoms with E-state index in [-0.39, 0.29) is 11.8 Å². The lowest BCUT2D eigenvalue weighted by Gasteiger charge is -2.30. The van der Waals surface area contributed by atoms with Crippen molar-refractivity contribution in [1.82, 2.24) is 20.1 Å². The number of hydrogen-bond donors (Lipinski definition) is 1. The molecule has 3 heterocycles. The van der Waals surface area contributed by atoms with Gasteiger partial charge in [0.1, 0.15) is 4.83 Å². The Hall–Kier alpha value is -1.99. The molecule has 1 aliphatic heterocycles. The first-order chi connectivity index (χ1) is 15.0. The van der Waals surface area contributed by atoms with E-state index in [0.717, 1.165) is 60.4 Å².